The highest BCUT2D eigenvalue weighted by Gasteiger charge is 2.44. The first-order valence-corrected chi connectivity index (χ1v) is 8.10. The molecular weight excluding hydrogens is 284 g/mol. The molecule has 124 valence electrons. The van der Waals surface area contributed by atoms with Crippen LogP contribution >= 0.6 is 0 Å². The molecule has 7 nitrogen and oxygen atoms in total. The number of aromatic nitrogens is 4. The maximum absolute atomic E-state index is 11.9. The first-order valence-electron chi connectivity index (χ1n) is 8.10. The third-order valence-corrected chi connectivity index (χ3v) is 4.57. The minimum absolute atomic E-state index is 0.554. The summed E-state index contributed by atoms with van der Waals surface area (Å²) in [7, 11) is 1.68. The van der Waals surface area contributed by atoms with Gasteiger partial charge in [0.25, 0.3) is 0 Å². The quantitative estimate of drug-likeness (QED) is 0.612. The summed E-state index contributed by atoms with van der Waals surface area (Å²) in [5.74, 6) is 0.331. The lowest BCUT2D eigenvalue weighted by atomic mass is 9.90. The van der Waals surface area contributed by atoms with E-state index in [9.17, 15) is 9.90 Å². The summed E-state index contributed by atoms with van der Waals surface area (Å²) in [6.45, 7) is 2.89. The number of carboxylic acid groups (broad SMARTS) is 1. The normalized spacial score (nSPS) is 25.8. The number of carbonyl (C=O) groups is 1. The Morgan fingerprint density at radius 3 is 2.95 bits per heavy atom. The average Bonchev–Trinajstić information content (AvgIpc) is 2.87. The van der Waals surface area contributed by atoms with Crippen LogP contribution in [0.2, 0.25) is 0 Å². The number of unbranched alkanes of at least 4 members (excludes halogenated alkanes) is 1. The number of aryl methyl sites for hydroxylation is 1. The summed E-state index contributed by atoms with van der Waals surface area (Å²) in [4.78, 5) is 13.3. The minimum Gasteiger partial charge on any atom is -0.479 e. The molecule has 0 spiro atoms. The van der Waals surface area contributed by atoms with Crippen LogP contribution in [0.3, 0.4) is 0 Å². The van der Waals surface area contributed by atoms with Crippen LogP contribution < -0.4 is 0 Å². The Morgan fingerprint density at radius 1 is 1.41 bits per heavy atom. The zero-order chi connectivity index (χ0) is 16.0. The van der Waals surface area contributed by atoms with Crippen molar-refractivity contribution in [3.63, 3.8) is 0 Å². The van der Waals surface area contributed by atoms with Crippen LogP contribution in [0.1, 0.15) is 57.7 Å². The SMILES string of the molecule is COCCCCc1nnn(C2(C(=O)O)CCCC(C)CC2)n1. The van der Waals surface area contributed by atoms with Gasteiger partial charge in [0.2, 0.25) is 0 Å². The third-order valence-electron chi connectivity index (χ3n) is 4.57. The Labute approximate surface area is 131 Å². The van der Waals surface area contributed by atoms with Gasteiger partial charge in [0, 0.05) is 20.1 Å². The van der Waals surface area contributed by atoms with Gasteiger partial charge in [-0.25, -0.2) is 4.79 Å². The van der Waals surface area contributed by atoms with Crippen LogP contribution in [0, 0.1) is 5.92 Å². The van der Waals surface area contributed by atoms with E-state index in [1.165, 1.54) is 4.80 Å². The number of carboxylic acids is 1. The average molecular weight is 310 g/mol. The lowest BCUT2D eigenvalue weighted by Crippen LogP contribution is -2.43. The molecule has 0 amide bonds. The zero-order valence-corrected chi connectivity index (χ0v) is 13.5. The highest BCUT2D eigenvalue weighted by atomic mass is 16.5. The second-order valence-corrected chi connectivity index (χ2v) is 6.32. The fourth-order valence-corrected chi connectivity index (χ4v) is 3.05. The monoisotopic (exact) mass is 310 g/mol. The van der Waals surface area contributed by atoms with Crippen molar-refractivity contribution in [2.75, 3.05) is 13.7 Å². The molecule has 1 aromatic rings. The standard InChI is InChI=1S/C15H26N4O3/c1-12-6-5-9-15(10-8-12,14(20)21)19-17-13(16-18-19)7-3-4-11-22-2/h12H,3-11H2,1-2H3,(H,20,21). The van der Waals surface area contributed by atoms with E-state index < -0.39 is 11.5 Å². The van der Waals surface area contributed by atoms with Gasteiger partial charge in [-0.05, 0) is 43.2 Å². The van der Waals surface area contributed by atoms with Crippen molar-refractivity contribution in [2.24, 2.45) is 5.92 Å². The predicted molar refractivity (Wildman–Crippen MR) is 80.5 cm³/mol. The van der Waals surface area contributed by atoms with Crippen LogP contribution in [-0.4, -0.2) is 45.0 Å². The number of aliphatic carboxylic acids is 1. The highest BCUT2D eigenvalue weighted by Crippen LogP contribution is 2.35. The van der Waals surface area contributed by atoms with Crippen molar-refractivity contribution in [3.8, 4) is 0 Å². The Morgan fingerprint density at radius 2 is 2.23 bits per heavy atom. The van der Waals surface area contributed by atoms with Crippen molar-refractivity contribution in [2.45, 2.75) is 63.8 Å². The molecule has 2 rings (SSSR count). The van der Waals surface area contributed by atoms with E-state index in [0.717, 1.165) is 32.1 Å². The van der Waals surface area contributed by atoms with Gasteiger partial charge in [-0.3, -0.25) is 0 Å². The maximum Gasteiger partial charge on any atom is 0.333 e. The molecule has 1 fully saturated rings. The molecule has 1 aliphatic carbocycles. The maximum atomic E-state index is 11.9. The molecule has 0 saturated heterocycles. The Kier molecular flexibility index (Phi) is 5.88. The minimum atomic E-state index is -1.03. The fourth-order valence-electron chi connectivity index (χ4n) is 3.05. The number of hydrogen-bond donors (Lipinski definition) is 1. The summed E-state index contributed by atoms with van der Waals surface area (Å²) in [5.41, 5.74) is -1.03. The van der Waals surface area contributed by atoms with E-state index in [1.807, 2.05) is 0 Å². The van der Waals surface area contributed by atoms with Gasteiger partial charge in [0.1, 0.15) is 0 Å². The van der Waals surface area contributed by atoms with Gasteiger partial charge in [-0.1, -0.05) is 19.8 Å². The van der Waals surface area contributed by atoms with Crippen molar-refractivity contribution in [1.82, 2.24) is 20.2 Å². The molecule has 0 radical (unpaired) electrons. The predicted octanol–water partition coefficient (Wildman–Crippen LogP) is 2.02. The van der Waals surface area contributed by atoms with Crippen LogP contribution in [0.15, 0.2) is 0 Å². The smallest absolute Gasteiger partial charge is 0.333 e. The largest absolute Gasteiger partial charge is 0.479 e. The Balaban J connectivity index is 2.09. The van der Waals surface area contributed by atoms with Gasteiger partial charge in [-0.2, -0.15) is 0 Å². The molecule has 0 aromatic carbocycles. The van der Waals surface area contributed by atoms with E-state index in [0.29, 0.717) is 37.6 Å². The topological polar surface area (TPSA) is 90.1 Å². The van der Waals surface area contributed by atoms with E-state index >= 15 is 0 Å². The summed E-state index contributed by atoms with van der Waals surface area (Å²) in [6.07, 6.45) is 6.54. The summed E-state index contributed by atoms with van der Waals surface area (Å²) < 4.78 is 5.01. The van der Waals surface area contributed by atoms with Gasteiger partial charge in [0.15, 0.2) is 11.4 Å². The summed E-state index contributed by atoms with van der Waals surface area (Å²) in [5, 5.41) is 22.2. The first-order chi connectivity index (χ1) is 10.6. The molecule has 7 heteroatoms. The molecule has 1 heterocycles. The lowest BCUT2D eigenvalue weighted by molar-refractivity contribution is -0.150. The molecule has 22 heavy (non-hydrogen) atoms. The number of tetrazole rings is 1. The number of ether oxygens (including phenoxy) is 1. The summed E-state index contributed by atoms with van der Waals surface area (Å²) >= 11 is 0. The molecule has 1 N–H and O–H groups in total. The van der Waals surface area contributed by atoms with E-state index in [-0.39, 0.29) is 0 Å². The van der Waals surface area contributed by atoms with E-state index in [2.05, 4.69) is 22.3 Å². The van der Waals surface area contributed by atoms with Crippen molar-refractivity contribution < 1.29 is 14.6 Å². The fraction of sp³-hybridized carbons (Fsp3) is 0.867. The van der Waals surface area contributed by atoms with Crippen molar-refractivity contribution >= 4 is 5.97 Å². The van der Waals surface area contributed by atoms with Crippen LogP contribution in [0.25, 0.3) is 0 Å². The van der Waals surface area contributed by atoms with E-state index in [1.54, 1.807) is 7.11 Å². The van der Waals surface area contributed by atoms with Crippen molar-refractivity contribution in [1.29, 1.82) is 0 Å². The van der Waals surface area contributed by atoms with E-state index in [4.69, 9.17) is 4.74 Å². The number of hydrogen-bond acceptors (Lipinski definition) is 5. The Bertz CT molecular complexity index is 491. The van der Waals surface area contributed by atoms with Gasteiger partial charge >= 0.3 is 5.97 Å². The van der Waals surface area contributed by atoms with Gasteiger partial charge in [-0.15, -0.1) is 15.0 Å². The van der Waals surface area contributed by atoms with Crippen LogP contribution in [0.4, 0.5) is 0 Å². The highest BCUT2D eigenvalue weighted by molar-refractivity contribution is 5.76. The first kappa shape index (κ1) is 16.9. The molecular formula is C15H26N4O3. The molecule has 0 bridgehead atoms. The van der Waals surface area contributed by atoms with Gasteiger partial charge < -0.3 is 9.84 Å². The molecule has 1 saturated carbocycles. The Hall–Kier alpha value is -1.50. The number of methoxy groups -OCH3 is 1. The molecule has 0 aliphatic heterocycles. The van der Waals surface area contributed by atoms with Crippen LogP contribution in [0.5, 0.6) is 0 Å². The van der Waals surface area contributed by atoms with Crippen LogP contribution in [-0.2, 0) is 21.5 Å². The van der Waals surface area contributed by atoms with Crippen molar-refractivity contribution in [3.05, 3.63) is 5.82 Å². The second-order valence-electron chi connectivity index (χ2n) is 6.32. The molecule has 2 unspecified atom stereocenters. The molecule has 2 atom stereocenters. The van der Waals surface area contributed by atoms with Gasteiger partial charge in [0.05, 0.1) is 0 Å². The molecule has 1 aliphatic rings. The lowest BCUT2D eigenvalue weighted by Gasteiger charge is -2.26. The number of rotatable bonds is 7. The molecule has 1 aromatic heterocycles. The second kappa shape index (κ2) is 7.67. The number of nitrogens with zero attached hydrogens (tertiary/aromatic N) is 4. The summed E-state index contributed by atoms with van der Waals surface area (Å²) in [6, 6.07) is 0. The third kappa shape index (κ3) is 3.82. The zero-order valence-electron chi connectivity index (χ0n) is 13.5.